The van der Waals surface area contributed by atoms with Crippen molar-refractivity contribution in [1.82, 2.24) is 4.72 Å². The second-order valence-corrected chi connectivity index (χ2v) is 11.8. The lowest BCUT2D eigenvalue weighted by atomic mass is 10.1. The van der Waals surface area contributed by atoms with Crippen LogP contribution in [0.1, 0.15) is 29.6 Å². The van der Waals surface area contributed by atoms with Gasteiger partial charge in [-0.15, -0.1) is 0 Å². The molecule has 0 radical (unpaired) electrons. The Balaban J connectivity index is 1.39. The monoisotopic (exact) mass is 477 g/mol. The maximum absolute atomic E-state index is 12.5. The summed E-state index contributed by atoms with van der Waals surface area (Å²) in [6.45, 7) is 0.672. The molecule has 4 rings (SSSR count). The van der Waals surface area contributed by atoms with Gasteiger partial charge in [-0.3, -0.25) is 9.59 Å². The van der Waals surface area contributed by atoms with Crippen LogP contribution in [0.15, 0.2) is 53.4 Å². The second kappa shape index (κ2) is 8.64. The molecule has 0 aliphatic carbocycles. The Bertz CT molecular complexity index is 1240. The van der Waals surface area contributed by atoms with Gasteiger partial charge in [0, 0.05) is 35.9 Å². The maximum Gasteiger partial charge on any atom is 0.255 e. The van der Waals surface area contributed by atoms with Crippen molar-refractivity contribution in [2.75, 3.05) is 28.3 Å². The summed E-state index contributed by atoms with van der Waals surface area (Å²) in [6.07, 6.45) is 1.60. The minimum atomic E-state index is -3.87. The molecule has 2 aromatic carbocycles. The Morgan fingerprint density at radius 2 is 1.72 bits per heavy atom. The third kappa shape index (κ3) is 5.00. The second-order valence-electron chi connectivity index (χ2n) is 7.90. The van der Waals surface area contributed by atoms with Gasteiger partial charge in [-0.1, -0.05) is 0 Å². The van der Waals surface area contributed by atoms with Crippen LogP contribution in [0, 0.1) is 0 Å². The largest absolute Gasteiger partial charge is 0.322 e. The van der Waals surface area contributed by atoms with Crippen LogP contribution in [0.3, 0.4) is 0 Å². The van der Waals surface area contributed by atoms with Gasteiger partial charge in [0.25, 0.3) is 5.91 Å². The van der Waals surface area contributed by atoms with Gasteiger partial charge >= 0.3 is 0 Å². The molecule has 2 saturated heterocycles. The van der Waals surface area contributed by atoms with Crippen molar-refractivity contribution in [2.45, 2.75) is 30.2 Å². The topological polar surface area (TPSA) is 130 Å². The lowest BCUT2D eigenvalue weighted by molar-refractivity contribution is -0.117. The Labute approximate surface area is 186 Å². The van der Waals surface area contributed by atoms with E-state index in [0.29, 0.717) is 24.2 Å². The number of rotatable bonds is 6. The van der Waals surface area contributed by atoms with Crippen molar-refractivity contribution in [2.24, 2.45) is 0 Å². The number of carbonyl (C=O) groups excluding carboxylic acids is 2. The minimum Gasteiger partial charge on any atom is -0.322 e. The van der Waals surface area contributed by atoms with E-state index in [1.165, 1.54) is 24.3 Å². The van der Waals surface area contributed by atoms with E-state index in [2.05, 4.69) is 10.0 Å². The number of sulfonamides is 1. The summed E-state index contributed by atoms with van der Waals surface area (Å²) >= 11 is 0. The molecule has 2 aliphatic heterocycles. The summed E-state index contributed by atoms with van der Waals surface area (Å²) in [6, 6.07) is 11.7. The van der Waals surface area contributed by atoms with Gasteiger partial charge in [0.2, 0.25) is 15.9 Å². The number of amides is 2. The average Bonchev–Trinajstić information content (AvgIpc) is 3.32. The Hall–Kier alpha value is -2.76. The molecule has 11 heteroatoms. The van der Waals surface area contributed by atoms with Crippen molar-refractivity contribution in [3.63, 3.8) is 0 Å². The number of anilines is 2. The molecule has 2 heterocycles. The van der Waals surface area contributed by atoms with Crippen molar-refractivity contribution < 1.29 is 26.4 Å². The standard InChI is InChI=1S/C21H23N3O6S2/c25-20-2-1-12-24(20)18-7-3-15(4-8-18)21(26)22-16-5-9-19(10-6-16)32(29,30)23-17-11-13-31(27,28)14-17/h3-10,17,23H,1-2,11-14H2,(H,22,26)/t17-/m0/s1. The van der Waals surface area contributed by atoms with E-state index < -0.39 is 25.9 Å². The summed E-state index contributed by atoms with van der Waals surface area (Å²) in [4.78, 5) is 26.0. The van der Waals surface area contributed by atoms with Gasteiger partial charge in [0.1, 0.15) is 0 Å². The van der Waals surface area contributed by atoms with Crippen LogP contribution in [-0.4, -0.2) is 52.7 Å². The van der Waals surface area contributed by atoms with Crippen LogP contribution >= 0.6 is 0 Å². The highest BCUT2D eigenvalue weighted by molar-refractivity contribution is 7.92. The summed E-state index contributed by atoms with van der Waals surface area (Å²) in [5.41, 5.74) is 1.57. The summed E-state index contributed by atoms with van der Waals surface area (Å²) in [5.74, 6) is -0.526. The summed E-state index contributed by atoms with van der Waals surface area (Å²) < 4.78 is 50.5. The molecule has 0 unspecified atom stereocenters. The van der Waals surface area contributed by atoms with Crippen LogP contribution in [0.25, 0.3) is 0 Å². The van der Waals surface area contributed by atoms with Crippen molar-refractivity contribution in [3.8, 4) is 0 Å². The molecule has 2 fully saturated rings. The van der Waals surface area contributed by atoms with Crippen molar-refractivity contribution in [3.05, 3.63) is 54.1 Å². The molecule has 170 valence electrons. The molecule has 0 saturated carbocycles. The summed E-state index contributed by atoms with van der Waals surface area (Å²) in [7, 11) is -7.07. The number of carbonyl (C=O) groups is 2. The van der Waals surface area contributed by atoms with E-state index in [9.17, 15) is 26.4 Å². The van der Waals surface area contributed by atoms with Gasteiger partial charge in [0.05, 0.1) is 16.4 Å². The zero-order valence-corrected chi connectivity index (χ0v) is 18.8. The van der Waals surface area contributed by atoms with E-state index in [-0.39, 0.29) is 34.6 Å². The molecule has 2 N–H and O–H groups in total. The molecule has 2 aliphatic rings. The molecule has 0 bridgehead atoms. The molecular weight excluding hydrogens is 454 g/mol. The Morgan fingerprint density at radius 3 is 2.28 bits per heavy atom. The van der Waals surface area contributed by atoms with Gasteiger partial charge in [-0.05, 0) is 61.4 Å². The quantitative estimate of drug-likeness (QED) is 0.649. The van der Waals surface area contributed by atoms with Gasteiger partial charge < -0.3 is 10.2 Å². The lowest BCUT2D eigenvalue weighted by Crippen LogP contribution is -2.35. The van der Waals surface area contributed by atoms with E-state index >= 15 is 0 Å². The Kier molecular flexibility index (Phi) is 6.06. The molecule has 32 heavy (non-hydrogen) atoms. The first-order valence-corrected chi connectivity index (χ1v) is 13.5. The fourth-order valence-electron chi connectivity index (χ4n) is 3.81. The fourth-order valence-corrected chi connectivity index (χ4v) is 6.86. The molecule has 9 nitrogen and oxygen atoms in total. The first kappa shape index (κ1) is 22.4. The third-order valence-electron chi connectivity index (χ3n) is 5.49. The minimum absolute atomic E-state index is 0.0144. The molecule has 0 spiro atoms. The lowest BCUT2D eigenvalue weighted by Gasteiger charge is -2.16. The number of hydrogen-bond acceptors (Lipinski definition) is 6. The van der Waals surface area contributed by atoms with Crippen LogP contribution in [0.5, 0.6) is 0 Å². The zero-order chi connectivity index (χ0) is 22.9. The normalized spacial score (nSPS) is 20.4. The molecular formula is C21H23N3O6S2. The molecule has 1 atom stereocenters. The van der Waals surface area contributed by atoms with Crippen LogP contribution in [0.2, 0.25) is 0 Å². The smallest absolute Gasteiger partial charge is 0.255 e. The number of nitrogens with zero attached hydrogens (tertiary/aromatic N) is 1. The van der Waals surface area contributed by atoms with Gasteiger partial charge in [0.15, 0.2) is 9.84 Å². The maximum atomic E-state index is 12.5. The van der Waals surface area contributed by atoms with E-state index in [0.717, 1.165) is 12.1 Å². The predicted molar refractivity (Wildman–Crippen MR) is 120 cm³/mol. The first-order valence-electron chi connectivity index (χ1n) is 10.2. The number of nitrogens with one attached hydrogen (secondary N) is 2. The zero-order valence-electron chi connectivity index (χ0n) is 17.2. The number of hydrogen-bond donors (Lipinski definition) is 2. The van der Waals surface area contributed by atoms with E-state index in [4.69, 9.17) is 0 Å². The Morgan fingerprint density at radius 1 is 1.03 bits per heavy atom. The number of benzene rings is 2. The number of sulfone groups is 1. The SMILES string of the molecule is O=C(Nc1ccc(S(=O)(=O)N[C@H]2CCS(=O)(=O)C2)cc1)c1ccc(N2CCCC2=O)cc1. The van der Waals surface area contributed by atoms with Gasteiger partial charge in [-0.2, -0.15) is 0 Å². The highest BCUT2D eigenvalue weighted by atomic mass is 32.2. The molecule has 0 aromatic heterocycles. The predicted octanol–water partition coefficient (Wildman–Crippen LogP) is 1.53. The van der Waals surface area contributed by atoms with E-state index in [1.54, 1.807) is 29.2 Å². The van der Waals surface area contributed by atoms with Gasteiger partial charge in [-0.25, -0.2) is 21.6 Å². The summed E-state index contributed by atoms with van der Waals surface area (Å²) in [5, 5.41) is 2.70. The van der Waals surface area contributed by atoms with Crippen LogP contribution < -0.4 is 14.9 Å². The highest BCUT2D eigenvalue weighted by Crippen LogP contribution is 2.22. The highest BCUT2D eigenvalue weighted by Gasteiger charge is 2.31. The first-order chi connectivity index (χ1) is 15.1. The molecule has 2 amide bonds. The van der Waals surface area contributed by atoms with Crippen molar-refractivity contribution in [1.29, 1.82) is 0 Å². The average molecular weight is 478 g/mol. The van der Waals surface area contributed by atoms with E-state index in [1.807, 2.05) is 0 Å². The van der Waals surface area contributed by atoms with Crippen molar-refractivity contribution >= 4 is 43.0 Å². The fraction of sp³-hybridized carbons (Fsp3) is 0.333. The van der Waals surface area contributed by atoms with Crippen LogP contribution in [0.4, 0.5) is 11.4 Å². The van der Waals surface area contributed by atoms with Crippen LogP contribution in [-0.2, 0) is 24.7 Å². The molecule has 2 aromatic rings. The third-order valence-corrected chi connectivity index (χ3v) is 8.80.